The highest BCUT2D eigenvalue weighted by molar-refractivity contribution is 5.82. The molecule has 0 bridgehead atoms. The van der Waals surface area contributed by atoms with E-state index in [4.69, 9.17) is 5.84 Å². The zero-order valence-corrected chi connectivity index (χ0v) is 12.4. The lowest BCUT2D eigenvalue weighted by Crippen LogP contribution is -2.48. The summed E-state index contributed by atoms with van der Waals surface area (Å²) in [6.45, 7) is 9.71. The Balaban J connectivity index is 2.47. The normalized spacial score (nSPS) is 16.1. The molecule has 110 valence electrons. The Hall–Kier alpha value is -1.89. The molecule has 1 aromatic rings. The van der Waals surface area contributed by atoms with Gasteiger partial charge in [0.05, 0.1) is 6.54 Å². The van der Waals surface area contributed by atoms with Gasteiger partial charge in [0.25, 0.3) is 0 Å². The van der Waals surface area contributed by atoms with E-state index in [1.165, 1.54) is 0 Å². The van der Waals surface area contributed by atoms with Crippen molar-refractivity contribution in [1.82, 2.24) is 15.3 Å². The molecule has 0 spiro atoms. The van der Waals surface area contributed by atoms with Crippen LogP contribution in [0.4, 0.5) is 11.6 Å². The fourth-order valence-corrected chi connectivity index (χ4v) is 2.11. The Morgan fingerprint density at radius 3 is 2.60 bits per heavy atom. The summed E-state index contributed by atoms with van der Waals surface area (Å²) in [6, 6.07) is 0. The number of nitrogens with zero attached hydrogens (tertiary/aromatic N) is 3. The number of piperazine rings is 1. The number of hydrogen-bond donors (Lipinski definition) is 3. The van der Waals surface area contributed by atoms with Gasteiger partial charge in [-0.15, -0.1) is 0 Å². The van der Waals surface area contributed by atoms with Gasteiger partial charge in [-0.2, -0.15) is 0 Å². The lowest BCUT2D eigenvalue weighted by Gasteiger charge is -2.30. The lowest BCUT2D eigenvalue weighted by molar-refractivity contribution is -0.120. The molecular weight excluding hydrogens is 256 g/mol. The van der Waals surface area contributed by atoms with Gasteiger partial charge in [-0.3, -0.25) is 4.79 Å². The molecule has 1 amide bonds. The second-order valence-corrected chi connectivity index (χ2v) is 6.01. The molecule has 2 heterocycles. The molecule has 0 radical (unpaired) electrons. The highest BCUT2D eigenvalue weighted by atomic mass is 16.2. The fourth-order valence-electron chi connectivity index (χ4n) is 2.11. The molecule has 0 atom stereocenters. The van der Waals surface area contributed by atoms with E-state index in [2.05, 4.69) is 20.7 Å². The smallest absolute Gasteiger partial charge is 0.239 e. The second-order valence-electron chi connectivity index (χ2n) is 6.01. The molecular formula is C13H22N6O. The monoisotopic (exact) mass is 278 g/mol. The fraction of sp³-hybridized carbons (Fsp3) is 0.615. The van der Waals surface area contributed by atoms with E-state index in [-0.39, 0.29) is 11.3 Å². The molecule has 1 saturated heterocycles. The van der Waals surface area contributed by atoms with Crippen LogP contribution in [0.5, 0.6) is 0 Å². The van der Waals surface area contributed by atoms with Crippen molar-refractivity contribution >= 4 is 17.5 Å². The van der Waals surface area contributed by atoms with Crippen LogP contribution in [0, 0.1) is 6.92 Å². The Labute approximate surface area is 118 Å². The summed E-state index contributed by atoms with van der Waals surface area (Å²) >= 11 is 0. The molecule has 4 N–H and O–H groups in total. The van der Waals surface area contributed by atoms with Crippen LogP contribution >= 0.6 is 0 Å². The van der Waals surface area contributed by atoms with Crippen molar-refractivity contribution in [1.29, 1.82) is 0 Å². The standard InChI is InChI=1S/C13H22N6O/c1-8-10(18-14)16-12(13(2,3)4)17-11(8)19-6-5-15-9(20)7-19/h5-7,14H2,1-4H3,(H,15,20)(H,16,17,18). The average molecular weight is 278 g/mol. The number of hydrazine groups is 1. The third-order valence-electron chi connectivity index (χ3n) is 3.27. The molecule has 0 aliphatic carbocycles. The van der Waals surface area contributed by atoms with Crippen molar-refractivity contribution in [2.75, 3.05) is 30.0 Å². The number of anilines is 2. The molecule has 7 heteroatoms. The maximum atomic E-state index is 11.6. The predicted molar refractivity (Wildman–Crippen MR) is 78.5 cm³/mol. The molecule has 7 nitrogen and oxygen atoms in total. The quantitative estimate of drug-likeness (QED) is 0.532. The zero-order valence-electron chi connectivity index (χ0n) is 12.4. The number of nitrogen functional groups attached to an aromatic ring is 1. The van der Waals surface area contributed by atoms with Crippen LogP contribution in [0.2, 0.25) is 0 Å². The molecule has 2 rings (SSSR count). The average Bonchev–Trinajstić information content (AvgIpc) is 2.37. The number of nitrogens with one attached hydrogen (secondary N) is 2. The maximum absolute atomic E-state index is 11.6. The summed E-state index contributed by atoms with van der Waals surface area (Å²) in [4.78, 5) is 22.6. The van der Waals surface area contributed by atoms with E-state index in [0.717, 1.165) is 17.9 Å². The van der Waals surface area contributed by atoms with E-state index in [0.29, 0.717) is 24.7 Å². The molecule has 1 aromatic heterocycles. The molecule has 0 aromatic carbocycles. The van der Waals surface area contributed by atoms with Gasteiger partial charge in [0.2, 0.25) is 5.91 Å². The molecule has 1 aliphatic rings. The summed E-state index contributed by atoms with van der Waals surface area (Å²) in [5, 5.41) is 2.81. The van der Waals surface area contributed by atoms with Gasteiger partial charge in [0.15, 0.2) is 0 Å². The first-order valence-electron chi connectivity index (χ1n) is 6.70. The third kappa shape index (κ3) is 2.82. The Bertz CT molecular complexity index is 522. The van der Waals surface area contributed by atoms with Gasteiger partial charge < -0.3 is 15.6 Å². The minimum absolute atomic E-state index is 0.00817. The number of aromatic nitrogens is 2. The highest BCUT2D eigenvalue weighted by Crippen LogP contribution is 2.28. The minimum Gasteiger partial charge on any atom is -0.353 e. The van der Waals surface area contributed by atoms with Crippen molar-refractivity contribution in [3.63, 3.8) is 0 Å². The Kier molecular flexibility index (Phi) is 3.80. The summed E-state index contributed by atoms with van der Waals surface area (Å²) in [7, 11) is 0. The first-order valence-corrected chi connectivity index (χ1v) is 6.70. The number of amides is 1. The van der Waals surface area contributed by atoms with Crippen LogP contribution in [0.25, 0.3) is 0 Å². The van der Waals surface area contributed by atoms with Crippen LogP contribution in [0.3, 0.4) is 0 Å². The highest BCUT2D eigenvalue weighted by Gasteiger charge is 2.25. The number of carbonyl (C=O) groups is 1. The lowest BCUT2D eigenvalue weighted by atomic mass is 9.95. The van der Waals surface area contributed by atoms with Gasteiger partial charge in [0, 0.05) is 24.1 Å². The van der Waals surface area contributed by atoms with E-state index >= 15 is 0 Å². The first-order chi connectivity index (χ1) is 9.32. The Morgan fingerprint density at radius 1 is 1.35 bits per heavy atom. The number of nitrogens with two attached hydrogens (primary N) is 1. The van der Waals surface area contributed by atoms with Crippen LogP contribution in [0.1, 0.15) is 32.2 Å². The zero-order chi connectivity index (χ0) is 14.9. The predicted octanol–water partition coefficient (Wildman–Crippen LogP) is 0.304. The minimum atomic E-state index is -0.188. The maximum Gasteiger partial charge on any atom is 0.239 e. The number of rotatable bonds is 2. The van der Waals surface area contributed by atoms with Crippen molar-refractivity contribution in [3.8, 4) is 0 Å². The third-order valence-corrected chi connectivity index (χ3v) is 3.27. The molecule has 1 aliphatic heterocycles. The number of hydrogen-bond acceptors (Lipinski definition) is 6. The Morgan fingerprint density at radius 2 is 2.05 bits per heavy atom. The van der Waals surface area contributed by atoms with Gasteiger partial charge in [0.1, 0.15) is 17.5 Å². The number of carbonyl (C=O) groups excluding carboxylic acids is 1. The van der Waals surface area contributed by atoms with E-state index in [1.807, 2.05) is 32.6 Å². The van der Waals surface area contributed by atoms with Crippen LogP contribution in [-0.4, -0.2) is 35.5 Å². The second kappa shape index (κ2) is 5.24. The van der Waals surface area contributed by atoms with Crippen LogP contribution < -0.4 is 21.5 Å². The summed E-state index contributed by atoms with van der Waals surface area (Å²) < 4.78 is 0. The SMILES string of the molecule is Cc1c(NN)nc(C(C)(C)C)nc1N1CCNC(=O)C1. The molecule has 0 unspecified atom stereocenters. The summed E-state index contributed by atoms with van der Waals surface area (Å²) in [5.41, 5.74) is 3.29. The van der Waals surface area contributed by atoms with E-state index in [1.54, 1.807) is 0 Å². The van der Waals surface area contributed by atoms with Crippen molar-refractivity contribution < 1.29 is 4.79 Å². The molecule has 1 fully saturated rings. The van der Waals surface area contributed by atoms with Crippen LogP contribution in [-0.2, 0) is 10.2 Å². The van der Waals surface area contributed by atoms with Gasteiger partial charge in [-0.1, -0.05) is 20.8 Å². The molecule has 0 saturated carbocycles. The summed E-state index contributed by atoms with van der Waals surface area (Å²) in [6.07, 6.45) is 0. The summed E-state index contributed by atoms with van der Waals surface area (Å²) in [5.74, 6) is 7.64. The van der Waals surface area contributed by atoms with Crippen molar-refractivity contribution in [2.45, 2.75) is 33.1 Å². The van der Waals surface area contributed by atoms with Crippen LogP contribution in [0.15, 0.2) is 0 Å². The van der Waals surface area contributed by atoms with Crippen molar-refractivity contribution in [3.05, 3.63) is 11.4 Å². The van der Waals surface area contributed by atoms with Gasteiger partial charge in [-0.05, 0) is 6.92 Å². The van der Waals surface area contributed by atoms with Gasteiger partial charge in [-0.25, -0.2) is 15.8 Å². The van der Waals surface area contributed by atoms with E-state index in [9.17, 15) is 4.79 Å². The van der Waals surface area contributed by atoms with Gasteiger partial charge >= 0.3 is 0 Å². The van der Waals surface area contributed by atoms with Crippen molar-refractivity contribution in [2.24, 2.45) is 5.84 Å². The van der Waals surface area contributed by atoms with E-state index < -0.39 is 0 Å². The first kappa shape index (κ1) is 14.5. The molecule has 20 heavy (non-hydrogen) atoms. The topological polar surface area (TPSA) is 96.2 Å². The largest absolute Gasteiger partial charge is 0.353 e.